The maximum atomic E-state index is 8.88. The maximum absolute atomic E-state index is 8.88. The molecule has 3 N–H and O–H groups in total. The van der Waals surface area contributed by atoms with E-state index in [4.69, 9.17) is 22.5 Å². The largest absolute Gasteiger partial charge is 0.409 e. The molecule has 1 aliphatic rings. The summed E-state index contributed by atoms with van der Waals surface area (Å²) in [5.41, 5.74) is 6.30. The second kappa shape index (κ2) is 3.94. The molecule has 1 atom stereocenters. The van der Waals surface area contributed by atoms with Crippen LogP contribution in [0.1, 0.15) is 25.3 Å². The van der Waals surface area contributed by atoms with Crippen LogP contribution in [0.3, 0.4) is 0 Å². The zero-order chi connectivity index (χ0) is 11.8. The Morgan fingerprint density at radius 2 is 2.31 bits per heavy atom. The van der Waals surface area contributed by atoms with Crippen molar-refractivity contribution in [3.8, 4) is 0 Å². The van der Waals surface area contributed by atoms with E-state index in [0.717, 1.165) is 18.4 Å². The van der Waals surface area contributed by atoms with E-state index in [9.17, 15) is 0 Å². The molecule has 1 aromatic rings. The van der Waals surface area contributed by atoms with Gasteiger partial charge in [-0.25, -0.2) is 4.98 Å². The molecule has 1 heterocycles. The highest BCUT2D eigenvalue weighted by Crippen LogP contribution is 2.47. The average molecular weight is 240 g/mol. The van der Waals surface area contributed by atoms with Crippen molar-refractivity contribution in [3.05, 3.63) is 29.0 Å². The van der Waals surface area contributed by atoms with Gasteiger partial charge in [0.25, 0.3) is 0 Å². The highest BCUT2D eigenvalue weighted by atomic mass is 35.5. The SMILES string of the molecule is CC(/C(N)=N/O)(c1ccc(Cl)nc1)C1CC1. The molecule has 1 unspecified atom stereocenters. The van der Waals surface area contributed by atoms with Crippen molar-refractivity contribution in [2.24, 2.45) is 16.8 Å². The third-order valence-electron chi connectivity index (χ3n) is 3.36. The fourth-order valence-corrected chi connectivity index (χ4v) is 2.15. The lowest BCUT2D eigenvalue weighted by molar-refractivity contribution is 0.310. The van der Waals surface area contributed by atoms with Crippen LogP contribution < -0.4 is 5.73 Å². The van der Waals surface area contributed by atoms with Crippen molar-refractivity contribution < 1.29 is 5.21 Å². The van der Waals surface area contributed by atoms with Crippen molar-refractivity contribution in [1.82, 2.24) is 4.98 Å². The molecule has 1 aromatic heterocycles. The number of nitrogens with two attached hydrogens (primary N) is 1. The first-order valence-corrected chi connectivity index (χ1v) is 5.57. The Balaban J connectivity index is 2.43. The quantitative estimate of drug-likeness (QED) is 0.279. The van der Waals surface area contributed by atoms with Gasteiger partial charge in [0.1, 0.15) is 11.0 Å². The van der Waals surface area contributed by atoms with Crippen LogP contribution in [0.4, 0.5) is 0 Å². The molecule has 0 bridgehead atoms. The van der Waals surface area contributed by atoms with Crippen LogP contribution in [0.5, 0.6) is 0 Å². The third kappa shape index (κ3) is 1.73. The van der Waals surface area contributed by atoms with Gasteiger partial charge in [-0.05, 0) is 37.3 Å². The number of pyridine rings is 1. The number of hydrogen-bond acceptors (Lipinski definition) is 3. The first-order valence-electron chi connectivity index (χ1n) is 5.19. The lowest BCUT2D eigenvalue weighted by Crippen LogP contribution is -2.40. The van der Waals surface area contributed by atoms with Crippen LogP contribution in [-0.2, 0) is 5.41 Å². The van der Waals surface area contributed by atoms with Gasteiger partial charge in [0, 0.05) is 6.20 Å². The van der Waals surface area contributed by atoms with Gasteiger partial charge in [-0.15, -0.1) is 0 Å². The maximum Gasteiger partial charge on any atom is 0.149 e. The van der Waals surface area contributed by atoms with Crippen molar-refractivity contribution in [1.29, 1.82) is 0 Å². The minimum absolute atomic E-state index is 0.235. The topological polar surface area (TPSA) is 71.5 Å². The van der Waals surface area contributed by atoms with Gasteiger partial charge in [-0.3, -0.25) is 0 Å². The van der Waals surface area contributed by atoms with E-state index in [-0.39, 0.29) is 5.84 Å². The standard InChI is InChI=1S/C11H14ClN3O/c1-11(7-2-3-7,10(13)15-16)8-4-5-9(12)14-6-8/h4-7,16H,2-3H2,1H3,(H2,13,15). The van der Waals surface area contributed by atoms with Gasteiger partial charge in [-0.2, -0.15) is 0 Å². The second-order valence-corrected chi connectivity index (χ2v) is 4.72. The average Bonchev–Trinajstić information content (AvgIpc) is 3.12. The van der Waals surface area contributed by atoms with Crippen molar-refractivity contribution in [3.63, 3.8) is 0 Å². The number of hydrogen-bond donors (Lipinski definition) is 2. The van der Waals surface area contributed by atoms with Gasteiger partial charge >= 0.3 is 0 Å². The number of aromatic nitrogens is 1. The molecule has 5 heteroatoms. The smallest absolute Gasteiger partial charge is 0.149 e. The molecule has 4 nitrogen and oxygen atoms in total. The highest BCUT2D eigenvalue weighted by molar-refractivity contribution is 6.29. The molecule has 1 fully saturated rings. The summed E-state index contributed by atoms with van der Waals surface area (Å²) in [5.74, 6) is 0.658. The van der Waals surface area contributed by atoms with Gasteiger partial charge in [0.15, 0.2) is 0 Å². The van der Waals surface area contributed by atoms with Gasteiger partial charge in [-0.1, -0.05) is 22.8 Å². The Morgan fingerprint density at radius 1 is 1.62 bits per heavy atom. The lowest BCUT2D eigenvalue weighted by Gasteiger charge is -2.28. The predicted octanol–water partition coefficient (Wildman–Crippen LogP) is 2.15. The van der Waals surface area contributed by atoms with Crippen LogP contribution >= 0.6 is 11.6 Å². The molecule has 16 heavy (non-hydrogen) atoms. The van der Waals surface area contributed by atoms with Crippen LogP contribution in [0.15, 0.2) is 23.5 Å². The monoisotopic (exact) mass is 239 g/mol. The summed E-state index contributed by atoms with van der Waals surface area (Å²) in [6.07, 6.45) is 3.88. The molecule has 0 spiro atoms. The number of rotatable bonds is 3. The summed E-state index contributed by atoms with van der Waals surface area (Å²) in [7, 11) is 0. The molecule has 86 valence electrons. The zero-order valence-corrected chi connectivity index (χ0v) is 9.78. The van der Waals surface area contributed by atoms with E-state index >= 15 is 0 Å². The second-order valence-electron chi connectivity index (χ2n) is 4.33. The molecular weight excluding hydrogens is 226 g/mol. The van der Waals surface area contributed by atoms with Crippen LogP contribution in [-0.4, -0.2) is 16.0 Å². The molecule has 0 amide bonds. The van der Waals surface area contributed by atoms with Crippen LogP contribution in [0, 0.1) is 5.92 Å². The number of halogens is 1. The lowest BCUT2D eigenvalue weighted by atomic mass is 9.77. The van der Waals surface area contributed by atoms with E-state index < -0.39 is 5.41 Å². The highest BCUT2D eigenvalue weighted by Gasteiger charge is 2.46. The Hall–Kier alpha value is -1.29. The molecule has 0 aromatic carbocycles. The van der Waals surface area contributed by atoms with E-state index in [1.807, 2.05) is 13.0 Å². The minimum Gasteiger partial charge on any atom is -0.409 e. The van der Waals surface area contributed by atoms with Gasteiger partial charge in [0.05, 0.1) is 5.41 Å². The normalized spacial score (nSPS) is 20.5. The van der Waals surface area contributed by atoms with Crippen molar-refractivity contribution >= 4 is 17.4 Å². The summed E-state index contributed by atoms with van der Waals surface area (Å²) >= 11 is 5.75. The molecule has 1 aliphatic carbocycles. The van der Waals surface area contributed by atoms with Crippen LogP contribution in [0.25, 0.3) is 0 Å². The Labute approximate surface area is 99.1 Å². The van der Waals surface area contributed by atoms with E-state index in [1.54, 1.807) is 12.3 Å². The molecule has 0 aliphatic heterocycles. The summed E-state index contributed by atoms with van der Waals surface area (Å²) in [4.78, 5) is 4.05. The number of amidine groups is 1. The molecular formula is C11H14ClN3O. The summed E-state index contributed by atoms with van der Waals surface area (Å²) in [6.45, 7) is 1.98. The zero-order valence-electron chi connectivity index (χ0n) is 9.02. The molecule has 2 rings (SSSR count). The summed E-state index contributed by atoms with van der Waals surface area (Å²) in [6, 6.07) is 3.61. The number of oxime groups is 1. The number of nitrogens with zero attached hydrogens (tertiary/aromatic N) is 2. The summed E-state index contributed by atoms with van der Waals surface area (Å²) < 4.78 is 0. The van der Waals surface area contributed by atoms with E-state index in [1.165, 1.54) is 0 Å². The van der Waals surface area contributed by atoms with Crippen molar-refractivity contribution in [2.45, 2.75) is 25.2 Å². The molecule has 1 saturated carbocycles. The molecule has 0 radical (unpaired) electrons. The third-order valence-corrected chi connectivity index (χ3v) is 3.58. The summed E-state index contributed by atoms with van der Waals surface area (Å²) in [5, 5.41) is 12.5. The van der Waals surface area contributed by atoms with E-state index in [0.29, 0.717) is 11.1 Å². The predicted molar refractivity (Wildman–Crippen MR) is 62.7 cm³/mol. The Bertz CT molecular complexity index is 414. The van der Waals surface area contributed by atoms with Crippen molar-refractivity contribution in [2.75, 3.05) is 0 Å². The fraction of sp³-hybridized carbons (Fsp3) is 0.455. The van der Waals surface area contributed by atoms with E-state index in [2.05, 4.69) is 10.1 Å². The Kier molecular flexibility index (Phi) is 2.76. The first kappa shape index (κ1) is 11.2. The van der Waals surface area contributed by atoms with Crippen LogP contribution in [0.2, 0.25) is 5.15 Å². The Morgan fingerprint density at radius 3 is 2.75 bits per heavy atom. The van der Waals surface area contributed by atoms with Gasteiger partial charge < -0.3 is 10.9 Å². The minimum atomic E-state index is -0.438. The first-order chi connectivity index (χ1) is 7.59. The molecule has 0 saturated heterocycles. The van der Waals surface area contributed by atoms with Gasteiger partial charge in [0.2, 0.25) is 0 Å². The fourth-order valence-electron chi connectivity index (χ4n) is 2.04.